The lowest BCUT2D eigenvalue weighted by molar-refractivity contribution is -0.333. The molecule has 39 nitrogen and oxygen atoms in total. The van der Waals surface area contributed by atoms with Crippen LogP contribution in [-0.2, 0) is 52.6 Å². The molecular weight excluding hydrogens is 1740 g/mol. The Morgan fingerprint density at radius 1 is 0.638 bits per heavy atom. The molecule has 6 fully saturated rings. The minimum Gasteiger partial charge on any atom is -0.508 e. The third kappa shape index (κ3) is 21.0. The predicted octanol–water partition coefficient (Wildman–Crippen LogP) is 3.02. The van der Waals surface area contributed by atoms with Crippen molar-refractivity contribution < 1.29 is 127 Å². The first-order valence-electron chi connectivity index (χ1n) is 43.0. The summed E-state index contributed by atoms with van der Waals surface area (Å²) in [5.41, 5.74) is 2.89. The fourth-order valence-electron chi connectivity index (χ4n) is 18.6. The van der Waals surface area contributed by atoms with Crippen LogP contribution in [0.1, 0.15) is 137 Å². The quantitative estimate of drug-likeness (QED) is 0.0410. The topological polar surface area (TPSA) is 580 Å². The normalized spacial score (nSPS) is 29.6. The highest BCUT2D eigenvalue weighted by atomic mass is 35.5. The first-order valence-corrected chi connectivity index (χ1v) is 43.8. The van der Waals surface area contributed by atoms with Crippen LogP contribution in [0.3, 0.4) is 0 Å². The molecule has 11 aliphatic rings. The monoisotopic (exact) mass is 1850 g/mol. The zero-order chi connectivity index (χ0) is 93.2. The van der Waals surface area contributed by atoms with E-state index in [2.05, 4.69) is 63.8 Å². The van der Waals surface area contributed by atoms with Crippen molar-refractivity contribution in [2.75, 3.05) is 59.4 Å². The largest absolute Gasteiger partial charge is 0.508 e. The summed E-state index contributed by atoms with van der Waals surface area (Å²) < 4.78 is 51.0. The molecule has 700 valence electrons. The molecule has 7 heterocycles. The second-order valence-electron chi connectivity index (χ2n) is 34.9. The van der Waals surface area contributed by atoms with Crippen LogP contribution in [0.2, 0.25) is 10.0 Å². The summed E-state index contributed by atoms with van der Waals surface area (Å²) in [5, 5.41) is 139. The Morgan fingerprint density at radius 2 is 1.25 bits per heavy atom. The molecule has 10 amide bonds. The molecule has 0 unspecified atom stereocenters. The van der Waals surface area contributed by atoms with Gasteiger partial charge in [0.2, 0.25) is 59.3 Å². The van der Waals surface area contributed by atoms with Gasteiger partial charge in [-0.25, -0.2) is 4.79 Å². The van der Waals surface area contributed by atoms with E-state index in [0.717, 1.165) is 86.7 Å². The molecule has 17 rings (SSSR count). The van der Waals surface area contributed by atoms with Gasteiger partial charge in [-0.2, -0.15) is 0 Å². The third-order valence-corrected chi connectivity index (χ3v) is 25.6. The van der Waals surface area contributed by atoms with Crippen LogP contribution < -0.4 is 93.2 Å². The number of aromatic hydroxyl groups is 3. The van der Waals surface area contributed by atoms with Gasteiger partial charge in [-0.05, 0) is 198 Å². The van der Waals surface area contributed by atoms with E-state index >= 15 is 28.8 Å². The molecule has 4 saturated carbocycles. The maximum atomic E-state index is 16.7. The summed E-state index contributed by atoms with van der Waals surface area (Å²) in [7, 11) is 4.90. The molecule has 130 heavy (non-hydrogen) atoms. The first kappa shape index (κ1) is 95.1. The van der Waals surface area contributed by atoms with Gasteiger partial charge < -0.3 is 148 Å². The fourth-order valence-corrected chi connectivity index (χ4v) is 19.0. The smallest absolute Gasteiger partial charge is 0.325 e. The molecule has 0 radical (unpaired) electrons. The molecule has 0 spiro atoms. The zero-order valence-corrected chi connectivity index (χ0v) is 73.5. The number of benzene rings is 6. The van der Waals surface area contributed by atoms with E-state index in [9.17, 15) is 60.3 Å². The van der Waals surface area contributed by atoms with Crippen LogP contribution in [0.15, 0.2) is 97.1 Å². The second kappa shape index (κ2) is 40.4. The molecule has 18 atom stereocenters. The Balaban J connectivity index is 0.952. The average molecular weight is 1850 g/mol. The number of phenols is 3. The number of urea groups is 1. The molecule has 41 heteroatoms. The molecule has 7 aliphatic heterocycles. The zero-order valence-electron chi connectivity index (χ0n) is 72.0. The standard InChI is InChI=1S/C89H109Cl2N13O26/c1-37(2)20-53(95-7)80(115)103-71-73(110)42-9-13-57(51(90)27-42)126-61-29-46-30-62(77(61)130-87-78(76(113)75(112)63(36-105)128-87)129-65-35-89(4,92)79(114)38(3)125-65)127-58-14-10-43(28-52(58)91)74(111)72-86(121)102-70(84(119)99-67-44-22-39-21-40(24-44)25-45(67)23-39)50-32-48(106)33-56(108)66(50)49-26-41(8-12-55(49)107)68(82(117)104-72)101-83(118)69(46)100-81(116)54(97-85(71)120)34-64(109)98-88(122)96-47-11-15-59(123-18-16-93-5)60(31-47)124-19-17-94-6/h8-15,26-33,37-40,44-45,53-54,63,65,67-76,78-79,87,93-95,105-108,110-114H,16-25,34-36,92H2,1-7H3,(H,97,120)(H,99,119)(H,100,116)(H,101,118)(H,102,121)(H,103,115)(H,104,117)(H2,96,98,109,122)/t38-,39?,40?,44?,45?,53+,54-,63+,65-,67?,68+,69+,70-,71+,72-,73+,74+,75+,76-,78+,79+,87-,89-/m0/s1. The summed E-state index contributed by atoms with van der Waals surface area (Å²) in [6.07, 6.45) is -14.8. The molecule has 23 N–H and O–H groups in total. The van der Waals surface area contributed by atoms with E-state index in [-0.39, 0.29) is 94.4 Å². The highest BCUT2D eigenvalue weighted by Gasteiger charge is 2.53. The highest BCUT2D eigenvalue weighted by Crippen LogP contribution is 2.55. The van der Waals surface area contributed by atoms with Crippen LogP contribution in [0.4, 0.5) is 10.5 Å². The number of nitrogens with one attached hydrogen (secondary N) is 12. The molecule has 0 aromatic heterocycles. The van der Waals surface area contributed by atoms with Crippen LogP contribution in [0.5, 0.6) is 57.5 Å². The van der Waals surface area contributed by atoms with Crippen LogP contribution in [-0.4, -0.2) is 238 Å². The van der Waals surface area contributed by atoms with Crippen LogP contribution in [0.25, 0.3) is 11.1 Å². The summed E-state index contributed by atoms with van der Waals surface area (Å²) >= 11 is 14.5. The highest BCUT2D eigenvalue weighted by molar-refractivity contribution is 6.32. The van der Waals surface area contributed by atoms with Crippen molar-refractivity contribution in [3.63, 3.8) is 0 Å². The van der Waals surface area contributed by atoms with E-state index < -0.39 is 237 Å². The number of amides is 10. The minimum atomic E-state index is -2.45. The summed E-state index contributed by atoms with van der Waals surface area (Å²) in [4.78, 5) is 140. The Hall–Kier alpha value is -11.0. The molecular formula is C89H109Cl2N13O26. The number of carbonyl (C=O) groups excluding carboxylic acids is 9. The van der Waals surface area contributed by atoms with Gasteiger partial charge in [0.1, 0.15) is 109 Å². The number of rotatable bonds is 23. The Labute approximate surface area is 756 Å². The SMILES string of the molecule is CNCCOc1ccc(NC(=O)NC(=O)C[C@@H]2NC(=O)[C@H](NC(=O)[C@@H](CC(C)C)NC)[C@H](O)c3ccc(c(Cl)c3)Oc3cc4cc(c3O[C@@H]3O[C@H](CO)[C@@H](O)[C@H](O)[C@H]3O[C@H]3C[C@](C)(N)[C@H](O)[C@H](C)O3)Oc3ccc(cc3Cl)[C@@H](O)[C@@H]3NC(=O)[C@H](NC(=O)[C@@H]4NC2=O)c2ccc(O)c(c2)-c2c(O)cc(O)cc2[C@@H](C(=O)NC2C4CC5CC(C4)CC2C5)NC3=O)cc1OCCNC. The molecule has 15 bridgehead atoms. The van der Waals surface area contributed by atoms with Crippen LogP contribution in [0, 0.1) is 29.6 Å². The van der Waals surface area contributed by atoms with Gasteiger partial charge >= 0.3 is 6.03 Å². The van der Waals surface area contributed by atoms with E-state index in [1.54, 1.807) is 14.1 Å². The van der Waals surface area contributed by atoms with E-state index in [1.807, 2.05) is 13.8 Å². The van der Waals surface area contributed by atoms with Gasteiger partial charge in [0, 0.05) is 60.0 Å². The number of imide groups is 1. The lowest BCUT2D eigenvalue weighted by Crippen LogP contribution is -2.64. The van der Waals surface area contributed by atoms with Crippen molar-refractivity contribution in [3.8, 4) is 68.6 Å². The molecule has 4 aliphatic carbocycles. The van der Waals surface area contributed by atoms with Gasteiger partial charge in [-0.15, -0.1) is 0 Å². The lowest BCUT2D eigenvalue weighted by Gasteiger charge is -2.54. The number of anilines is 1. The number of likely N-dealkylation sites (N-methyl/N-ethyl adjacent to an activating group) is 3. The van der Waals surface area contributed by atoms with Gasteiger partial charge in [0.15, 0.2) is 35.4 Å². The number of phenolic OH excluding ortho intramolecular Hbond substituents is 3. The van der Waals surface area contributed by atoms with Crippen molar-refractivity contribution in [1.82, 2.24) is 58.5 Å². The van der Waals surface area contributed by atoms with Crippen molar-refractivity contribution in [2.24, 2.45) is 35.3 Å². The Morgan fingerprint density at radius 3 is 1.87 bits per heavy atom. The minimum absolute atomic E-state index is 0.0472. The first-order chi connectivity index (χ1) is 62.0. The van der Waals surface area contributed by atoms with Crippen molar-refractivity contribution in [3.05, 3.63) is 135 Å². The van der Waals surface area contributed by atoms with E-state index in [1.165, 1.54) is 63.4 Å². The van der Waals surface area contributed by atoms with Gasteiger partial charge in [-0.3, -0.25) is 43.7 Å². The summed E-state index contributed by atoms with van der Waals surface area (Å²) in [6, 6.07) is 2.73. The molecule has 6 aromatic rings. The number of fused-ring (bicyclic) bond motifs is 15. The van der Waals surface area contributed by atoms with E-state index in [0.29, 0.717) is 30.7 Å². The number of aliphatic hydroxyl groups is 6. The van der Waals surface area contributed by atoms with Gasteiger partial charge in [0.05, 0.1) is 41.3 Å². The number of hydrogen-bond acceptors (Lipinski definition) is 30. The van der Waals surface area contributed by atoms with Crippen molar-refractivity contribution in [2.45, 2.75) is 194 Å². The number of ether oxygens (including phenoxy) is 8. The summed E-state index contributed by atoms with van der Waals surface area (Å²) in [5.74, 6) is -13.5. The molecule has 2 saturated heterocycles. The number of carbonyl (C=O) groups is 9. The Bertz CT molecular complexity index is 5240. The maximum Gasteiger partial charge on any atom is 0.325 e. The molecule has 6 aromatic carbocycles. The second-order valence-corrected chi connectivity index (χ2v) is 35.8. The number of nitrogens with two attached hydrogens (primary N) is 1. The van der Waals surface area contributed by atoms with E-state index in [4.69, 9.17) is 66.8 Å². The number of aliphatic hydroxyl groups excluding tert-OH is 6. The maximum absolute atomic E-state index is 16.7. The van der Waals surface area contributed by atoms with Crippen LogP contribution >= 0.6 is 23.2 Å². The van der Waals surface area contributed by atoms with Gasteiger partial charge in [-0.1, -0.05) is 55.2 Å². The number of hydrogen-bond donors (Lipinski definition) is 22. The summed E-state index contributed by atoms with van der Waals surface area (Å²) in [6.45, 7) is 6.85. The third-order valence-electron chi connectivity index (χ3n) is 25.0. The lowest BCUT2D eigenvalue weighted by atomic mass is 9.54. The number of halogens is 2. The average Bonchev–Trinajstić information content (AvgIpc) is 0.753. The Kier molecular flexibility index (Phi) is 29.5. The van der Waals surface area contributed by atoms with Crippen molar-refractivity contribution in [1.29, 1.82) is 0 Å². The predicted molar refractivity (Wildman–Crippen MR) is 464 cm³/mol. The van der Waals surface area contributed by atoms with Gasteiger partial charge in [0.25, 0.3) is 0 Å². The van der Waals surface area contributed by atoms with Crippen molar-refractivity contribution >= 4 is 82.2 Å². The fraction of sp³-hybridized carbons (Fsp3) is 0.494.